The molecule has 0 bridgehead atoms. The Morgan fingerprint density at radius 3 is 2.50 bits per heavy atom. The van der Waals surface area contributed by atoms with Gasteiger partial charge in [0.1, 0.15) is 11.7 Å². The number of hydrogen-bond donors (Lipinski definition) is 0. The lowest BCUT2D eigenvalue weighted by atomic mass is 9.78. The van der Waals surface area contributed by atoms with E-state index in [4.69, 9.17) is 4.74 Å². The van der Waals surface area contributed by atoms with E-state index < -0.39 is 0 Å². The molecule has 1 aromatic rings. The average molecular weight is 238 g/mol. The van der Waals surface area contributed by atoms with Crippen LogP contribution in [-0.4, -0.2) is 23.3 Å². The van der Waals surface area contributed by atoms with Gasteiger partial charge >= 0.3 is 0 Å². The minimum absolute atomic E-state index is 0.0710. The van der Waals surface area contributed by atoms with E-state index in [0.29, 0.717) is 22.3 Å². The third-order valence-corrected chi connectivity index (χ3v) is 3.87. The molecule has 1 aromatic carbocycles. The molecular formula is C15H10O3. The van der Waals surface area contributed by atoms with Crippen molar-refractivity contribution in [3.8, 4) is 0 Å². The molecule has 0 N–H and O–H groups in total. The van der Waals surface area contributed by atoms with Crippen LogP contribution < -0.4 is 0 Å². The first-order chi connectivity index (χ1) is 8.62. The van der Waals surface area contributed by atoms with Crippen LogP contribution in [0, 0.1) is 0 Å². The van der Waals surface area contributed by atoms with Gasteiger partial charge in [-0.05, 0) is 13.0 Å². The van der Waals surface area contributed by atoms with Gasteiger partial charge in [-0.15, -0.1) is 0 Å². The Balaban J connectivity index is 1.97. The standard InChI is InChI=1S/C15H10O3/c1-15-7-6-10-11(14(15)18-15)13(17)9-5-3-2-4-8(9)12(10)16/h2-7,14H,1H3. The molecule has 3 nitrogen and oxygen atoms in total. The van der Waals surface area contributed by atoms with Crippen LogP contribution >= 0.6 is 0 Å². The summed E-state index contributed by atoms with van der Waals surface area (Å²) in [4.78, 5) is 24.8. The third-order valence-electron chi connectivity index (χ3n) is 3.87. The molecule has 3 heteroatoms. The molecule has 2 unspecified atom stereocenters. The summed E-state index contributed by atoms with van der Waals surface area (Å²) in [5.41, 5.74) is 1.63. The molecule has 88 valence electrons. The van der Waals surface area contributed by atoms with Gasteiger partial charge in [0.05, 0.1) is 0 Å². The van der Waals surface area contributed by atoms with Gasteiger partial charge < -0.3 is 4.74 Å². The second-order valence-corrected chi connectivity index (χ2v) is 5.05. The van der Waals surface area contributed by atoms with E-state index in [9.17, 15) is 9.59 Å². The Morgan fingerprint density at radius 2 is 1.78 bits per heavy atom. The van der Waals surface area contributed by atoms with Crippen molar-refractivity contribution in [1.82, 2.24) is 0 Å². The summed E-state index contributed by atoms with van der Waals surface area (Å²) >= 11 is 0. The predicted molar refractivity (Wildman–Crippen MR) is 64.5 cm³/mol. The molecule has 2 aliphatic carbocycles. The Morgan fingerprint density at radius 1 is 1.11 bits per heavy atom. The lowest BCUT2D eigenvalue weighted by Crippen LogP contribution is -2.28. The van der Waals surface area contributed by atoms with Gasteiger partial charge in [0.25, 0.3) is 0 Å². The van der Waals surface area contributed by atoms with Gasteiger partial charge in [-0.2, -0.15) is 0 Å². The lowest BCUT2D eigenvalue weighted by molar-refractivity contribution is 0.0971. The lowest BCUT2D eigenvalue weighted by Gasteiger charge is -2.20. The molecule has 3 aliphatic rings. The van der Waals surface area contributed by atoms with Crippen LogP contribution in [-0.2, 0) is 4.74 Å². The van der Waals surface area contributed by atoms with E-state index >= 15 is 0 Å². The molecule has 0 spiro atoms. The molecule has 0 amide bonds. The molecule has 18 heavy (non-hydrogen) atoms. The molecular weight excluding hydrogens is 228 g/mol. The van der Waals surface area contributed by atoms with Crippen LogP contribution in [0.2, 0.25) is 0 Å². The summed E-state index contributed by atoms with van der Waals surface area (Å²) in [6.07, 6.45) is 3.35. The summed E-state index contributed by atoms with van der Waals surface area (Å²) in [5, 5.41) is 0. The molecule has 0 radical (unpaired) electrons. The third kappa shape index (κ3) is 1.03. The smallest absolute Gasteiger partial charge is 0.194 e. The SMILES string of the molecule is CC12C=CC3=C(C(=O)c4ccccc4C3=O)C1O2. The second-order valence-electron chi connectivity index (χ2n) is 5.05. The summed E-state index contributed by atoms with van der Waals surface area (Å²) in [7, 11) is 0. The fourth-order valence-electron chi connectivity index (χ4n) is 2.78. The largest absolute Gasteiger partial charge is 0.357 e. The maximum absolute atomic E-state index is 12.5. The average Bonchev–Trinajstić information content (AvgIpc) is 3.07. The van der Waals surface area contributed by atoms with Gasteiger partial charge in [-0.25, -0.2) is 0 Å². The van der Waals surface area contributed by atoms with E-state index in [0.717, 1.165) is 0 Å². The van der Waals surface area contributed by atoms with Gasteiger partial charge in [-0.3, -0.25) is 9.59 Å². The van der Waals surface area contributed by atoms with E-state index in [-0.39, 0.29) is 23.3 Å². The maximum atomic E-state index is 12.5. The normalized spacial score (nSPS) is 31.9. The Hall–Kier alpha value is -2.00. The van der Waals surface area contributed by atoms with Gasteiger partial charge in [0.15, 0.2) is 11.6 Å². The summed E-state index contributed by atoms with van der Waals surface area (Å²) in [5.74, 6) is -0.146. The summed E-state index contributed by atoms with van der Waals surface area (Å²) in [6.45, 7) is 1.93. The van der Waals surface area contributed by atoms with Crippen molar-refractivity contribution in [3.05, 3.63) is 58.7 Å². The number of ketones is 2. The Labute approximate surface area is 104 Å². The van der Waals surface area contributed by atoms with Crippen LogP contribution in [0.1, 0.15) is 27.6 Å². The van der Waals surface area contributed by atoms with Crippen LogP contribution in [0.25, 0.3) is 0 Å². The van der Waals surface area contributed by atoms with E-state index in [1.165, 1.54) is 0 Å². The van der Waals surface area contributed by atoms with E-state index in [2.05, 4.69) is 0 Å². The highest BCUT2D eigenvalue weighted by Gasteiger charge is 2.58. The molecule has 4 rings (SSSR count). The van der Waals surface area contributed by atoms with Crippen molar-refractivity contribution < 1.29 is 14.3 Å². The number of rotatable bonds is 0. The minimum atomic E-state index is -0.388. The van der Waals surface area contributed by atoms with Crippen molar-refractivity contribution >= 4 is 11.6 Å². The van der Waals surface area contributed by atoms with Crippen LogP contribution in [0.4, 0.5) is 0 Å². The highest BCUT2D eigenvalue weighted by Crippen LogP contribution is 2.49. The monoisotopic (exact) mass is 238 g/mol. The molecule has 1 heterocycles. The fourth-order valence-corrected chi connectivity index (χ4v) is 2.78. The van der Waals surface area contributed by atoms with Crippen LogP contribution in [0.3, 0.4) is 0 Å². The van der Waals surface area contributed by atoms with E-state index in [1.54, 1.807) is 30.3 Å². The van der Waals surface area contributed by atoms with Crippen molar-refractivity contribution in [2.45, 2.75) is 18.6 Å². The zero-order valence-corrected chi connectivity index (χ0v) is 9.77. The molecule has 2 atom stereocenters. The minimum Gasteiger partial charge on any atom is -0.357 e. The highest BCUT2D eigenvalue weighted by molar-refractivity contribution is 6.28. The zero-order valence-electron chi connectivity index (χ0n) is 9.77. The van der Waals surface area contributed by atoms with Crippen LogP contribution in [0.15, 0.2) is 47.6 Å². The van der Waals surface area contributed by atoms with E-state index in [1.807, 2.05) is 13.0 Å². The number of Topliss-reactive ketones (excluding diaryl/α,β-unsaturated/α-hetero) is 2. The zero-order chi connectivity index (χ0) is 12.5. The van der Waals surface area contributed by atoms with Crippen LogP contribution in [0.5, 0.6) is 0 Å². The topological polar surface area (TPSA) is 46.7 Å². The number of hydrogen-bond acceptors (Lipinski definition) is 3. The number of carbonyl (C=O) groups excluding carboxylic acids is 2. The highest BCUT2D eigenvalue weighted by atomic mass is 16.6. The molecule has 1 fully saturated rings. The number of allylic oxidation sites excluding steroid dienone is 2. The predicted octanol–water partition coefficient (Wildman–Crippen LogP) is 2.09. The second kappa shape index (κ2) is 2.87. The number of benzene rings is 1. The summed E-state index contributed by atoms with van der Waals surface area (Å²) < 4.78 is 5.55. The number of epoxide rings is 1. The number of carbonyl (C=O) groups is 2. The van der Waals surface area contributed by atoms with Gasteiger partial charge in [0, 0.05) is 22.3 Å². The Bertz CT molecular complexity index is 681. The Kier molecular flexibility index (Phi) is 1.59. The molecule has 1 saturated heterocycles. The first kappa shape index (κ1) is 9.97. The number of fused-ring (bicyclic) bond motifs is 3. The van der Waals surface area contributed by atoms with Crippen molar-refractivity contribution in [3.63, 3.8) is 0 Å². The van der Waals surface area contributed by atoms with Gasteiger partial charge in [0.2, 0.25) is 0 Å². The van der Waals surface area contributed by atoms with Crippen molar-refractivity contribution in [2.75, 3.05) is 0 Å². The number of ether oxygens (including phenoxy) is 1. The first-order valence-corrected chi connectivity index (χ1v) is 5.91. The molecule has 1 aliphatic heterocycles. The fraction of sp³-hybridized carbons (Fsp3) is 0.200. The molecule has 0 aromatic heterocycles. The van der Waals surface area contributed by atoms with Crippen molar-refractivity contribution in [2.24, 2.45) is 0 Å². The van der Waals surface area contributed by atoms with Gasteiger partial charge in [-0.1, -0.05) is 30.3 Å². The van der Waals surface area contributed by atoms with Crippen molar-refractivity contribution in [1.29, 1.82) is 0 Å². The summed E-state index contributed by atoms with van der Waals surface area (Å²) in [6, 6.07) is 6.97. The first-order valence-electron chi connectivity index (χ1n) is 5.91. The molecule has 0 saturated carbocycles. The quantitative estimate of drug-likeness (QED) is 0.650. The maximum Gasteiger partial charge on any atom is 0.194 e.